The van der Waals surface area contributed by atoms with E-state index in [1.54, 1.807) is 17.4 Å². The van der Waals surface area contributed by atoms with E-state index in [1.165, 1.54) is 10.4 Å². The standard InChI is InChI=1S/C23H30N2O3S/c1-5-23(3,4)13-10-11-14-17(12-13)29-22-18(14)21(27)24-20(25-22)15-8-7-9-16(19(15)26)28-6-2/h7-9,13,20,25-26H,5-6,10-12H2,1-4H3,(H,24,27)/t13-,20-/m1/s1. The van der Waals surface area contributed by atoms with Gasteiger partial charge in [0.15, 0.2) is 11.5 Å². The number of amides is 1. The number of aromatic hydroxyl groups is 1. The molecule has 0 unspecified atom stereocenters. The highest BCUT2D eigenvalue weighted by molar-refractivity contribution is 7.16. The molecule has 1 aromatic heterocycles. The van der Waals surface area contributed by atoms with Crippen LogP contribution in [0.1, 0.15) is 73.1 Å². The summed E-state index contributed by atoms with van der Waals surface area (Å²) in [4.78, 5) is 14.3. The van der Waals surface area contributed by atoms with Gasteiger partial charge in [-0.15, -0.1) is 11.3 Å². The zero-order chi connectivity index (χ0) is 20.8. The van der Waals surface area contributed by atoms with Gasteiger partial charge < -0.3 is 20.5 Å². The Bertz CT molecular complexity index is 934. The van der Waals surface area contributed by atoms with E-state index in [0.717, 1.165) is 36.2 Å². The molecule has 1 amide bonds. The predicted octanol–water partition coefficient (Wildman–Crippen LogP) is 5.25. The van der Waals surface area contributed by atoms with E-state index in [2.05, 4.69) is 31.4 Å². The summed E-state index contributed by atoms with van der Waals surface area (Å²) in [6.07, 6.45) is 3.82. The van der Waals surface area contributed by atoms with Gasteiger partial charge in [0.05, 0.1) is 12.2 Å². The Morgan fingerprint density at radius 3 is 2.79 bits per heavy atom. The third kappa shape index (κ3) is 3.48. The van der Waals surface area contributed by atoms with Gasteiger partial charge in [0, 0.05) is 10.4 Å². The molecule has 2 aliphatic rings. The maximum atomic E-state index is 13.0. The van der Waals surface area contributed by atoms with Gasteiger partial charge in [-0.2, -0.15) is 0 Å². The minimum atomic E-state index is -0.474. The summed E-state index contributed by atoms with van der Waals surface area (Å²) in [6.45, 7) is 9.31. The Morgan fingerprint density at radius 1 is 1.28 bits per heavy atom. The molecule has 0 spiro atoms. The van der Waals surface area contributed by atoms with E-state index in [4.69, 9.17) is 4.74 Å². The van der Waals surface area contributed by atoms with Crippen LogP contribution in [-0.2, 0) is 12.8 Å². The van der Waals surface area contributed by atoms with Crippen LogP contribution in [0.4, 0.5) is 5.00 Å². The van der Waals surface area contributed by atoms with E-state index >= 15 is 0 Å². The Hall–Kier alpha value is -2.21. The number of benzene rings is 1. The fraction of sp³-hybridized carbons (Fsp3) is 0.522. The molecular formula is C23H30N2O3S. The largest absolute Gasteiger partial charge is 0.504 e. The number of ether oxygens (including phenoxy) is 1. The number of carbonyl (C=O) groups is 1. The Labute approximate surface area is 176 Å². The lowest BCUT2D eigenvalue weighted by molar-refractivity contribution is 0.0934. The molecule has 156 valence electrons. The molecule has 0 radical (unpaired) electrons. The van der Waals surface area contributed by atoms with Crippen LogP contribution in [0.2, 0.25) is 0 Å². The number of fused-ring (bicyclic) bond motifs is 3. The Kier molecular flexibility index (Phi) is 5.23. The highest BCUT2D eigenvalue weighted by Crippen LogP contribution is 2.47. The molecule has 0 saturated carbocycles. The molecule has 0 fully saturated rings. The molecular weight excluding hydrogens is 384 g/mol. The van der Waals surface area contributed by atoms with Crippen molar-refractivity contribution in [3.63, 3.8) is 0 Å². The summed E-state index contributed by atoms with van der Waals surface area (Å²) in [5, 5.41) is 18.0. The van der Waals surface area contributed by atoms with Crippen molar-refractivity contribution in [3.05, 3.63) is 39.8 Å². The molecule has 4 rings (SSSR count). The van der Waals surface area contributed by atoms with Gasteiger partial charge in [-0.3, -0.25) is 4.79 Å². The number of hydrogen-bond donors (Lipinski definition) is 3. The van der Waals surface area contributed by atoms with Crippen molar-refractivity contribution < 1.29 is 14.6 Å². The first-order valence-corrected chi connectivity index (χ1v) is 11.3. The number of phenols is 1. The van der Waals surface area contributed by atoms with Crippen LogP contribution in [-0.4, -0.2) is 17.6 Å². The zero-order valence-electron chi connectivity index (χ0n) is 17.6. The molecule has 2 atom stereocenters. The molecule has 1 aliphatic heterocycles. The topological polar surface area (TPSA) is 70.6 Å². The molecule has 1 aliphatic carbocycles. The van der Waals surface area contributed by atoms with Crippen LogP contribution in [0.25, 0.3) is 0 Å². The molecule has 1 aromatic carbocycles. The lowest BCUT2D eigenvalue weighted by Gasteiger charge is -2.36. The highest BCUT2D eigenvalue weighted by atomic mass is 32.1. The van der Waals surface area contributed by atoms with Crippen molar-refractivity contribution in [2.24, 2.45) is 11.3 Å². The van der Waals surface area contributed by atoms with E-state index < -0.39 is 6.17 Å². The molecule has 2 heterocycles. The van der Waals surface area contributed by atoms with Crippen LogP contribution < -0.4 is 15.4 Å². The summed E-state index contributed by atoms with van der Waals surface area (Å²) < 4.78 is 5.50. The normalized spacial score (nSPS) is 21.0. The van der Waals surface area contributed by atoms with Crippen molar-refractivity contribution in [2.75, 3.05) is 11.9 Å². The molecule has 0 saturated heterocycles. The summed E-state index contributed by atoms with van der Waals surface area (Å²) in [7, 11) is 0. The van der Waals surface area contributed by atoms with Crippen molar-refractivity contribution >= 4 is 22.2 Å². The van der Waals surface area contributed by atoms with Crippen LogP contribution >= 0.6 is 11.3 Å². The lowest BCUT2D eigenvalue weighted by atomic mass is 9.69. The zero-order valence-corrected chi connectivity index (χ0v) is 18.4. The number of para-hydroxylation sites is 1. The maximum Gasteiger partial charge on any atom is 0.256 e. The first-order chi connectivity index (χ1) is 13.9. The number of hydrogen-bond acceptors (Lipinski definition) is 5. The minimum absolute atomic E-state index is 0.0596. The Morgan fingerprint density at radius 2 is 2.07 bits per heavy atom. The minimum Gasteiger partial charge on any atom is -0.504 e. The van der Waals surface area contributed by atoms with Crippen LogP contribution in [0.5, 0.6) is 11.5 Å². The first-order valence-electron chi connectivity index (χ1n) is 10.5. The second-order valence-corrected chi connectivity index (χ2v) is 9.77. The van der Waals surface area contributed by atoms with E-state index in [0.29, 0.717) is 29.3 Å². The summed E-state index contributed by atoms with van der Waals surface area (Å²) >= 11 is 1.71. The first kappa shape index (κ1) is 20.1. The third-order valence-corrected chi connectivity index (χ3v) is 7.89. The quantitative estimate of drug-likeness (QED) is 0.625. The molecule has 6 heteroatoms. The van der Waals surface area contributed by atoms with Crippen LogP contribution in [0.15, 0.2) is 18.2 Å². The SMILES string of the molecule is CCOc1cccc([C@@H]2NC(=O)c3c(sc4c3CC[C@@H](C(C)(C)CC)C4)N2)c1O. The van der Waals surface area contributed by atoms with E-state index in [9.17, 15) is 9.90 Å². The fourth-order valence-corrected chi connectivity index (χ4v) is 5.81. The van der Waals surface area contributed by atoms with Crippen molar-refractivity contribution in [3.8, 4) is 11.5 Å². The van der Waals surface area contributed by atoms with Gasteiger partial charge >= 0.3 is 0 Å². The van der Waals surface area contributed by atoms with Gasteiger partial charge in [-0.05, 0) is 49.1 Å². The predicted molar refractivity (Wildman–Crippen MR) is 117 cm³/mol. The number of thiophene rings is 1. The van der Waals surface area contributed by atoms with Crippen molar-refractivity contribution in [1.29, 1.82) is 0 Å². The molecule has 29 heavy (non-hydrogen) atoms. The average Bonchev–Trinajstić information content (AvgIpc) is 3.07. The Balaban J connectivity index is 1.64. The fourth-order valence-electron chi connectivity index (χ4n) is 4.45. The number of nitrogens with one attached hydrogen (secondary N) is 2. The number of phenolic OH excluding ortho intramolecular Hbond substituents is 1. The smallest absolute Gasteiger partial charge is 0.256 e. The van der Waals surface area contributed by atoms with Crippen LogP contribution in [0, 0.1) is 11.3 Å². The van der Waals surface area contributed by atoms with Crippen molar-refractivity contribution in [1.82, 2.24) is 5.32 Å². The lowest BCUT2D eigenvalue weighted by Crippen LogP contribution is -2.38. The summed E-state index contributed by atoms with van der Waals surface area (Å²) in [5.41, 5.74) is 2.94. The highest BCUT2D eigenvalue weighted by Gasteiger charge is 2.37. The molecule has 0 bridgehead atoms. The molecule has 5 nitrogen and oxygen atoms in total. The second-order valence-electron chi connectivity index (χ2n) is 8.67. The monoisotopic (exact) mass is 414 g/mol. The molecule has 3 N–H and O–H groups in total. The van der Waals surface area contributed by atoms with Crippen molar-refractivity contribution in [2.45, 2.75) is 59.5 Å². The van der Waals surface area contributed by atoms with E-state index in [-0.39, 0.29) is 11.7 Å². The average molecular weight is 415 g/mol. The third-order valence-electron chi connectivity index (χ3n) is 6.70. The molecule has 2 aromatic rings. The summed E-state index contributed by atoms with van der Waals surface area (Å²) in [5.74, 6) is 1.09. The number of anilines is 1. The van der Waals surface area contributed by atoms with Gasteiger partial charge in [0.1, 0.15) is 11.2 Å². The van der Waals surface area contributed by atoms with Crippen LogP contribution in [0.3, 0.4) is 0 Å². The van der Waals surface area contributed by atoms with Gasteiger partial charge in [-0.1, -0.05) is 39.3 Å². The number of rotatable bonds is 5. The van der Waals surface area contributed by atoms with E-state index in [1.807, 2.05) is 19.1 Å². The van der Waals surface area contributed by atoms with Gasteiger partial charge in [-0.25, -0.2) is 0 Å². The summed E-state index contributed by atoms with van der Waals surface area (Å²) in [6, 6.07) is 5.38. The second kappa shape index (κ2) is 7.56. The van der Waals surface area contributed by atoms with Gasteiger partial charge in [0.25, 0.3) is 5.91 Å². The number of carbonyl (C=O) groups excluding carboxylic acids is 1. The van der Waals surface area contributed by atoms with Gasteiger partial charge in [0.2, 0.25) is 0 Å². The maximum absolute atomic E-state index is 13.0.